The number of ether oxygens (including phenoxy) is 1. The molecule has 22 heavy (non-hydrogen) atoms. The number of urea groups is 1. The van der Waals surface area contributed by atoms with Crippen LogP contribution in [-0.4, -0.2) is 49.7 Å². The van der Waals surface area contributed by atoms with E-state index in [2.05, 4.69) is 10.6 Å². The number of amides is 3. The maximum Gasteiger partial charge on any atom is 0.318 e. The Morgan fingerprint density at radius 1 is 1.50 bits per heavy atom. The summed E-state index contributed by atoms with van der Waals surface area (Å²) < 4.78 is 18.1. The molecule has 0 aliphatic carbocycles. The molecule has 7 heteroatoms. The predicted molar refractivity (Wildman–Crippen MR) is 78.7 cm³/mol. The highest BCUT2D eigenvalue weighted by Gasteiger charge is 2.30. The first-order chi connectivity index (χ1) is 10.5. The van der Waals surface area contributed by atoms with Crippen LogP contribution in [0, 0.1) is 5.82 Å². The van der Waals surface area contributed by atoms with Gasteiger partial charge in [0.1, 0.15) is 11.9 Å². The number of hydrogen-bond donors (Lipinski definition) is 2. The topological polar surface area (TPSA) is 70.7 Å². The zero-order chi connectivity index (χ0) is 16.1. The first-order valence-corrected chi connectivity index (χ1v) is 7.12. The van der Waals surface area contributed by atoms with Crippen LogP contribution in [-0.2, 0) is 9.53 Å². The van der Waals surface area contributed by atoms with Crippen molar-refractivity contribution in [3.8, 4) is 0 Å². The highest BCUT2D eigenvalue weighted by Crippen LogP contribution is 2.15. The Morgan fingerprint density at radius 3 is 2.82 bits per heavy atom. The number of hydrogen-bond acceptors (Lipinski definition) is 3. The molecule has 1 aliphatic rings. The van der Waals surface area contributed by atoms with Gasteiger partial charge < -0.3 is 20.3 Å². The molecule has 1 saturated heterocycles. The third-order valence-electron chi connectivity index (χ3n) is 3.66. The Bertz CT molecular complexity index is 535. The fraction of sp³-hybridized carbons (Fsp3) is 0.467. The number of piperazine rings is 1. The zero-order valence-electron chi connectivity index (χ0n) is 12.6. The molecule has 2 atom stereocenters. The number of nitrogens with one attached hydrogen (secondary N) is 2. The van der Waals surface area contributed by atoms with Crippen molar-refractivity contribution in [2.45, 2.75) is 19.0 Å². The summed E-state index contributed by atoms with van der Waals surface area (Å²) in [7, 11) is 1.53. The summed E-state index contributed by atoms with van der Waals surface area (Å²) in [4.78, 5) is 25.5. The summed E-state index contributed by atoms with van der Waals surface area (Å²) in [6.45, 7) is 2.81. The molecule has 120 valence electrons. The summed E-state index contributed by atoms with van der Waals surface area (Å²) in [5.74, 6) is -0.515. The minimum atomic E-state index is -0.523. The molecule has 0 bridgehead atoms. The van der Waals surface area contributed by atoms with Crippen LogP contribution in [0.4, 0.5) is 9.18 Å². The van der Waals surface area contributed by atoms with Crippen LogP contribution in [0.15, 0.2) is 24.3 Å². The van der Waals surface area contributed by atoms with E-state index < -0.39 is 12.1 Å². The number of methoxy groups -OCH3 is 1. The van der Waals surface area contributed by atoms with Gasteiger partial charge in [0.2, 0.25) is 5.91 Å². The van der Waals surface area contributed by atoms with Crippen LogP contribution in [0.2, 0.25) is 0 Å². The average Bonchev–Trinajstić information content (AvgIpc) is 2.50. The lowest BCUT2D eigenvalue weighted by atomic mass is 10.1. The Morgan fingerprint density at radius 2 is 2.18 bits per heavy atom. The second-order valence-electron chi connectivity index (χ2n) is 5.17. The van der Waals surface area contributed by atoms with Gasteiger partial charge in [-0.05, 0) is 24.6 Å². The molecule has 0 radical (unpaired) electrons. The summed E-state index contributed by atoms with van der Waals surface area (Å²) in [6.07, 6.45) is 0. The van der Waals surface area contributed by atoms with E-state index in [9.17, 15) is 14.0 Å². The molecular weight excluding hydrogens is 289 g/mol. The second-order valence-corrected chi connectivity index (χ2v) is 5.17. The van der Waals surface area contributed by atoms with E-state index >= 15 is 0 Å². The van der Waals surface area contributed by atoms with E-state index in [0.717, 1.165) is 5.56 Å². The maximum atomic E-state index is 13.0. The standard InChI is InChI=1S/C15H20FN3O3/c1-10-14(20)17-7-8-19(10)15(21)18-13(9-22-2)11-3-5-12(16)6-4-11/h3-6,10,13H,7-9H2,1-2H3,(H,17,20)(H,18,21). The third kappa shape index (κ3) is 3.73. The lowest BCUT2D eigenvalue weighted by molar-refractivity contribution is -0.126. The minimum absolute atomic E-state index is 0.175. The SMILES string of the molecule is COCC(NC(=O)N1CCNC(=O)C1C)c1ccc(F)cc1. The second kappa shape index (κ2) is 7.22. The number of carbonyl (C=O) groups is 2. The van der Waals surface area contributed by atoms with Crippen LogP contribution < -0.4 is 10.6 Å². The van der Waals surface area contributed by atoms with Crippen molar-refractivity contribution in [1.82, 2.24) is 15.5 Å². The fourth-order valence-corrected chi connectivity index (χ4v) is 2.37. The molecule has 0 aromatic heterocycles. The molecule has 3 amide bonds. The first kappa shape index (κ1) is 16.2. The highest BCUT2D eigenvalue weighted by atomic mass is 19.1. The quantitative estimate of drug-likeness (QED) is 0.873. The van der Waals surface area contributed by atoms with Crippen molar-refractivity contribution in [3.63, 3.8) is 0 Å². The molecule has 2 N–H and O–H groups in total. The van der Waals surface area contributed by atoms with Gasteiger partial charge in [-0.15, -0.1) is 0 Å². The number of benzene rings is 1. The van der Waals surface area contributed by atoms with Crippen molar-refractivity contribution in [1.29, 1.82) is 0 Å². The van der Waals surface area contributed by atoms with Crippen LogP contribution >= 0.6 is 0 Å². The number of nitrogens with zero attached hydrogens (tertiary/aromatic N) is 1. The van der Waals surface area contributed by atoms with E-state index in [1.165, 1.54) is 24.1 Å². The van der Waals surface area contributed by atoms with Gasteiger partial charge >= 0.3 is 6.03 Å². The van der Waals surface area contributed by atoms with Gasteiger partial charge in [-0.25, -0.2) is 9.18 Å². The predicted octanol–water partition coefficient (Wildman–Crippen LogP) is 1.04. The number of halogens is 1. The van der Waals surface area contributed by atoms with E-state index in [4.69, 9.17) is 4.74 Å². The van der Waals surface area contributed by atoms with Gasteiger partial charge in [0.15, 0.2) is 0 Å². The lowest BCUT2D eigenvalue weighted by Gasteiger charge is -2.34. The fourth-order valence-electron chi connectivity index (χ4n) is 2.37. The Kier molecular flexibility index (Phi) is 5.32. The Labute approximate surface area is 128 Å². The molecular formula is C15H20FN3O3. The van der Waals surface area contributed by atoms with Gasteiger partial charge in [-0.2, -0.15) is 0 Å². The molecule has 2 rings (SSSR count). The van der Waals surface area contributed by atoms with E-state index in [-0.39, 0.29) is 24.4 Å². The number of rotatable bonds is 4. The first-order valence-electron chi connectivity index (χ1n) is 7.12. The summed E-state index contributed by atoms with van der Waals surface area (Å²) >= 11 is 0. The van der Waals surface area contributed by atoms with Crippen molar-refractivity contribution in [2.75, 3.05) is 26.8 Å². The average molecular weight is 309 g/mol. The largest absolute Gasteiger partial charge is 0.382 e. The summed E-state index contributed by atoms with van der Waals surface area (Å²) in [5.41, 5.74) is 0.741. The van der Waals surface area contributed by atoms with Crippen molar-refractivity contribution in [2.24, 2.45) is 0 Å². The summed E-state index contributed by atoms with van der Waals surface area (Å²) in [6, 6.07) is 4.61. The summed E-state index contributed by atoms with van der Waals surface area (Å²) in [5, 5.41) is 5.54. The highest BCUT2D eigenvalue weighted by molar-refractivity contribution is 5.88. The van der Waals surface area contributed by atoms with Gasteiger partial charge in [0.05, 0.1) is 12.6 Å². The Hall–Kier alpha value is -2.15. The van der Waals surface area contributed by atoms with Crippen molar-refractivity contribution in [3.05, 3.63) is 35.6 Å². The molecule has 1 aromatic rings. The Balaban J connectivity index is 2.08. The normalized spacial score (nSPS) is 19.5. The molecule has 1 aliphatic heterocycles. The van der Waals surface area contributed by atoms with Gasteiger partial charge in [-0.1, -0.05) is 12.1 Å². The third-order valence-corrected chi connectivity index (χ3v) is 3.66. The van der Waals surface area contributed by atoms with Crippen molar-refractivity contribution < 1.29 is 18.7 Å². The number of carbonyl (C=O) groups excluding carboxylic acids is 2. The molecule has 1 aromatic carbocycles. The van der Waals surface area contributed by atoms with Crippen LogP contribution in [0.25, 0.3) is 0 Å². The molecule has 2 unspecified atom stereocenters. The van der Waals surface area contributed by atoms with E-state index in [0.29, 0.717) is 13.1 Å². The van der Waals surface area contributed by atoms with Crippen LogP contribution in [0.1, 0.15) is 18.5 Å². The molecule has 1 fully saturated rings. The van der Waals surface area contributed by atoms with Crippen LogP contribution in [0.3, 0.4) is 0 Å². The lowest BCUT2D eigenvalue weighted by Crippen LogP contribution is -2.58. The van der Waals surface area contributed by atoms with Crippen molar-refractivity contribution >= 4 is 11.9 Å². The van der Waals surface area contributed by atoms with Gasteiger partial charge in [-0.3, -0.25) is 4.79 Å². The molecule has 0 saturated carbocycles. The minimum Gasteiger partial charge on any atom is -0.382 e. The van der Waals surface area contributed by atoms with E-state index in [1.807, 2.05) is 0 Å². The van der Waals surface area contributed by atoms with Crippen LogP contribution in [0.5, 0.6) is 0 Å². The zero-order valence-corrected chi connectivity index (χ0v) is 12.6. The smallest absolute Gasteiger partial charge is 0.318 e. The molecule has 1 heterocycles. The van der Waals surface area contributed by atoms with Gasteiger partial charge in [0.25, 0.3) is 0 Å². The monoisotopic (exact) mass is 309 g/mol. The molecule has 0 spiro atoms. The van der Waals surface area contributed by atoms with Gasteiger partial charge in [0, 0.05) is 20.2 Å². The van der Waals surface area contributed by atoms with E-state index in [1.54, 1.807) is 19.1 Å². The maximum absolute atomic E-state index is 13.0. The molecule has 6 nitrogen and oxygen atoms in total.